The zero-order valence-electron chi connectivity index (χ0n) is 16.2. The lowest BCUT2D eigenvalue weighted by Crippen LogP contribution is -2.32. The molecule has 1 aliphatic carbocycles. The van der Waals surface area contributed by atoms with Gasteiger partial charge in [-0.15, -0.1) is 0 Å². The van der Waals surface area contributed by atoms with E-state index < -0.39 is 18.6 Å². The molecule has 150 valence electrons. The Morgan fingerprint density at radius 1 is 1.31 bits per heavy atom. The first-order valence-corrected chi connectivity index (χ1v) is 10.5. The molecule has 4 nitrogen and oxygen atoms in total. The molecule has 0 aromatic heterocycles. The van der Waals surface area contributed by atoms with Gasteiger partial charge in [-0.3, -0.25) is 0 Å². The van der Waals surface area contributed by atoms with E-state index in [4.69, 9.17) is 14.2 Å². The fraction of sp³-hybridized carbons (Fsp3) is 0.905. The molecule has 5 heteroatoms. The van der Waals surface area contributed by atoms with Crippen LogP contribution < -0.4 is 0 Å². The monoisotopic (exact) mass is 370 g/mol. The maximum absolute atomic E-state index is 14.8. The summed E-state index contributed by atoms with van der Waals surface area (Å²) in [5.74, 6) is 1.12. The number of halogens is 1. The predicted octanol–water partition coefficient (Wildman–Crippen LogP) is 4.36. The number of hydrogen-bond donors (Lipinski definition) is 1. The van der Waals surface area contributed by atoms with Gasteiger partial charge in [0.15, 0.2) is 12.6 Å². The molecule has 26 heavy (non-hydrogen) atoms. The molecule has 0 radical (unpaired) electrons. The second kappa shape index (κ2) is 9.63. The van der Waals surface area contributed by atoms with Crippen molar-refractivity contribution in [2.75, 3.05) is 6.61 Å². The van der Waals surface area contributed by atoms with Crippen molar-refractivity contribution in [1.82, 2.24) is 0 Å². The van der Waals surface area contributed by atoms with Crippen LogP contribution in [0.5, 0.6) is 0 Å². The number of alkyl halides is 1. The van der Waals surface area contributed by atoms with Crippen molar-refractivity contribution >= 4 is 0 Å². The maximum atomic E-state index is 14.8. The van der Waals surface area contributed by atoms with Crippen LogP contribution in [0.15, 0.2) is 12.2 Å². The molecule has 0 bridgehead atoms. The Hall–Kier alpha value is -0.490. The Morgan fingerprint density at radius 3 is 2.88 bits per heavy atom. The summed E-state index contributed by atoms with van der Waals surface area (Å²) >= 11 is 0. The molecule has 2 aliphatic heterocycles. The Balaban J connectivity index is 1.64. The quantitative estimate of drug-likeness (QED) is 0.645. The number of ether oxygens (including phenoxy) is 3. The lowest BCUT2D eigenvalue weighted by Gasteiger charge is -2.28. The summed E-state index contributed by atoms with van der Waals surface area (Å²) in [6.45, 7) is 4.99. The summed E-state index contributed by atoms with van der Waals surface area (Å²) in [7, 11) is 0. The van der Waals surface area contributed by atoms with Crippen LogP contribution in [0.2, 0.25) is 0 Å². The average molecular weight is 371 g/mol. The summed E-state index contributed by atoms with van der Waals surface area (Å²) in [4.78, 5) is 0. The third kappa shape index (κ3) is 5.06. The summed E-state index contributed by atoms with van der Waals surface area (Å²) in [5, 5.41) is 9.77. The van der Waals surface area contributed by atoms with Crippen LogP contribution in [0, 0.1) is 17.8 Å². The van der Waals surface area contributed by atoms with E-state index in [1.807, 2.05) is 6.08 Å². The maximum Gasteiger partial charge on any atom is 0.158 e. The molecule has 1 saturated carbocycles. The van der Waals surface area contributed by atoms with E-state index in [1.165, 1.54) is 0 Å². The minimum atomic E-state index is -1.00. The van der Waals surface area contributed by atoms with Gasteiger partial charge in [0.2, 0.25) is 0 Å². The van der Waals surface area contributed by atoms with Gasteiger partial charge < -0.3 is 19.3 Å². The van der Waals surface area contributed by atoms with Crippen LogP contribution in [0.25, 0.3) is 0 Å². The highest BCUT2D eigenvalue weighted by atomic mass is 19.1. The van der Waals surface area contributed by atoms with Crippen LogP contribution >= 0.6 is 0 Å². The number of fused-ring (bicyclic) bond motifs is 1. The molecule has 3 fully saturated rings. The van der Waals surface area contributed by atoms with Gasteiger partial charge in [-0.1, -0.05) is 38.8 Å². The summed E-state index contributed by atoms with van der Waals surface area (Å²) < 4.78 is 32.1. The van der Waals surface area contributed by atoms with E-state index in [9.17, 15) is 9.50 Å². The minimum absolute atomic E-state index is 0.136. The van der Waals surface area contributed by atoms with Crippen molar-refractivity contribution in [2.24, 2.45) is 17.8 Å². The molecular weight excluding hydrogens is 335 g/mol. The van der Waals surface area contributed by atoms with E-state index in [1.54, 1.807) is 0 Å². The summed E-state index contributed by atoms with van der Waals surface area (Å²) in [6.07, 6.45) is 8.68. The fourth-order valence-electron chi connectivity index (χ4n) is 4.70. The normalized spacial score (nSPS) is 40.0. The van der Waals surface area contributed by atoms with Gasteiger partial charge in [-0.2, -0.15) is 0 Å². The second-order valence-electron chi connectivity index (χ2n) is 8.26. The van der Waals surface area contributed by atoms with E-state index >= 15 is 0 Å². The second-order valence-corrected chi connectivity index (χ2v) is 8.26. The topological polar surface area (TPSA) is 47.9 Å². The van der Waals surface area contributed by atoms with Crippen LogP contribution in [0.4, 0.5) is 4.39 Å². The smallest absolute Gasteiger partial charge is 0.158 e. The molecule has 0 aromatic carbocycles. The Kier molecular flexibility index (Phi) is 7.50. The van der Waals surface area contributed by atoms with Gasteiger partial charge in [0.25, 0.3) is 0 Å². The van der Waals surface area contributed by atoms with E-state index in [-0.39, 0.29) is 12.4 Å². The van der Waals surface area contributed by atoms with Crippen molar-refractivity contribution in [1.29, 1.82) is 0 Å². The highest BCUT2D eigenvalue weighted by Crippen LogP contribution is 2.46. The van der Waals surface area contributed by atoms with Crippen molar-refractivity contribution in [3.05, 3.63) is 12.2 Å². The van der Waals surface area contributed by atoms with Crippen molar-refractivity contribution in [3.63, 3.8) is 0 Å². The lowest BCUT2D eigenvalue weighted by molar-refractivity contribution is -0.189. The van der Waals surface area contributed by atoms with Crippen LogP contribution in [0.1, 0.15) is 65.2 Å². The van der Waals surface area contributed by atoms with Crippen LogP contribution in [0.3, 0.4) is 0 Å². The predicted molar refractivity (Wildman–Crippen MR) is 98.3 cm³/mol. The summed E-state index contributed by atoms with van der Waals surface area (Å²) in [6, 6.07) is 0. The molecule has 0 aromatic rings. The first-order chi connectivity index (χ1) is 12.6. The Morgan fingerprint density at radius 2 is 2.15 bits per heavy atom. The molecular formula is C21H35FO4. The third-order valence-corrected chi connectivity index (χ3v) is 6.20. The number of allylic oxidation sites excluding steroid dienone is 1. The fourth-order valence-corrected chi connectivity index (χ4v) is 4.70. The van der Waals surface area contributed by atoms with Crippen molar-refractivity contribution < 1.29 is 23.7 Å². The highest BCUT2D eigenvalue weighted by Gasteiger charge is 2.46. The molecule has 1 unspecified atom stereocenters. The first-order valence-electron chi connectivity index (χ1n) is 10.5. The molecule has 3 aliphatic rings. The van der Waals surface area contributed by atoms with Crippen LogP contribution in [-0.4, -0.2) is 42.7 Å². The number of aliphatic hydroxyl groups is 1. The van der Waals surface area contributed by atoms with E-state index in [0.717, 1.165) is 38.5 Å². The van der Waals surface area contributed by atoms with Crippen molar-refractivity contribution in [3.8, 4) is 0 Å². The van der Waals surface area contributed by atoms with Gasteiger partial charge in [0, 0.05) is 13.0 Å². The Bertz CT molecular complexity index is 451. The SMILES string of the molecule is CCCC[C@@H](F)[C@@H](C=C[C@@H]1[C@H]2C[C@H](O)O[C@H]2C[C@@H]1C)OC1CCCCO1. The van der Waals surface area contributed by atoms with Gasteiger partial charge in [0.05, 0.1) is 6.10 Å². The standard InChI is InChI=1S/C21H35FO4/c1-3-4-7-17(22)18(26-21-8-5-6-11-24-21)10-9-15-14(2)12-19-16(15)13-20(23)25-19/h9-10,14-21,23H,3-8,11-13H2,1-2H3/t14-,15-,16+,17+,18+,19-,20+,21?/m0/s1. The minimum Gasteiger partial charge on any atom is -0.368 e. The number of aliphatic hydroxyl groups excluding tert-OH is 1. The molecule has 1 N–H and O–H groups in total. The van der Waals surface area contributed by atoms with E-state index in [2.05, 4.69) is 19.9 Å². The van der Waals surface area contributed by atoms with Crippen LogP contribution in [-0.2, 0) is 14.2 Å². The average Bonchev–Trinajstić information content (AvgIpc) is 3.12. The highest BCUT2D eigenvalue weighted by molar-refractivity contribution is 5.06. The summed E-state index contributed by atoms with van der Waals surface area (Å²) in [5.41, 5.74) is 0. The number of hydrogen-bond acceptors (Lipinski definition) is 4. The van der Waals surface area contributed by atoms with Gasteiger partial charge in [-0.05, 0) is 49.9 Å². The zero-order chi connectivity index (χ0) is 18.5. The lowest BCUT2D eigenvalue weighted by atomic mass is 9.87. The number of unbranched alkanes of at least 4 members (excludes halogenated alkanes) is 1. The van der Waals surface area contributed by atoms with Crippen molar-refractivity contribution in [2.45, 2.75) is 96.2 Å². The molecule has 2 heterocycles. The molecule has 8 atom stereocenters. The Labute approximate surface area is 157 Å². The third-order valence-electron chi connectivity index (χ3n) is 6.20. The van der Waals surface area contributed by atoms with Gasteiger partial charge in [-0.25, -0.2) is 4.39 Å². The zero-order valence-corrected chi connectivity index (χ0v) is 16.2. The molecule has 0 spiro atoms. The van der Waals surface area contributed by atoms with Gasteiger partial charge in [0.1, 0.15) is 12.3 Å². The number of rotatable bonds is 8. The van der Waals surface area contributed by atoms with E-state index in [0.29, 0.717) is 37.2 Å². The molecule has 0 amide bonds. The molecule has 3 rings (SSSR count). The van der Waals surface area contributed by atoms with Gasteiger partial charge >= 0.3 is 0 Å². The first kappa shape index (κ1) is 20.2. The molecule has 2 saturated heterocycles. The largest absolute Gasteiger partial charge is 0.368 e.